The van der Waals surface area contributed by atoms with Gasteiger partial charge in [0.25, 0.3) is 0 Å². The second kappa shape index (κ2) is 7.55. The molecule has 0 spiro atoms. The van der Waals surface area contributed by atoms with Crippen molar-refractivity contribution in [3.63, 3.8) is 0 Å². The predicted molar refractivity (Wildman–Crippen MR) is 66.2 cm³/mol. The Morgan fingerprint density at radius 2 is 2.00 bits per heavy atom. The Bertz CT molecular complexity index is 198. The van der Waals surface area contributed by atoms with Gasteiger partial charge in [0.2, 0.25) is 0 Å². The lowest BCUT2D eigenvalue weighted by Crippen LogP contribution is -2.36. The van der Waals surface area contributed by atoms with Gasteiger partial charge in [0.05, 0.1) is 19.8 Å². The van der Waals surface area contributed by atoms with E-state index in [1.54, 1.807) is 0 Å². The second-order valence-corrected chi connectivity index (χ2v) is 4.73. The minimum absolute atomic E-state index is 0.787. The summed E-state index contributed by atoms with van der Waals surface area (Å²) in [5, 5.41) is 0. The van der Waals surface area contributed by atoms with Gasteiger partial charge in [-0.3, -0.25) is 0 Å². The van der Waals surface area contributed by atoms with Crippen LogP contribution in [0.2, 0.25) is 0 Å². The van der Waals surface area contributed by atoms with Gasteiger partial charge < -0.3 is 14.4 Å². The quantitative estimate of drug-likeness (QED) is 0.493. The highest BCUT2D eigenvalue weighted by molar-refractivity contribution is 4.84. The van der Waals surface area contributed by atoms with Crippen molar-refractivity contribution in [2.45, 2.75) is 33.1 Å². The molecule has 16 heavy (non-hydrogen) atoms. The standard InChI is InChI=1S/C13H25NO2/c1-12(2)6-4-5-9-16-13(3)14-7-10-15-11-8-14/h12H,3-11H2,1-2H3. The first-order chi connectivity index (χ1) is 7.70. The van der Waals surface area contributed by atoms with Crippen molar-refractivity contribution in [1.29, 1.82) is 0 Å². The fourth-order valence-corrected chi connectivity index (χ4v) is 1.75. The SMILES string of the molecule is C=C(OCCCCC(C)C)N1CCOCC1. The average molecular weight is 227 g/mol. The monoisotopic (exact) mass is 227 g/mol. The molecule has 0 N–H and O–H groups in total. The molecule has 0 radical (unpaired) electrons. The highest BCUT2D eigenvalue weighted by Crippen LogP contribution is 2.10. The molecular weight excluding hydrogens is 202 g/mol. The second-order valence-electron chi connectivity index (χ2n) is 4.73. The van der Waals surface area contributed by atoms with Gasteiger partial charge in [-0.1, -0.05) is 20.3 Å². The number of morpholine rings is 1. The van der Waals surface area contributed by atoms with Crippen molar-refractivity contribution in [2.75, 3.05) is 32.9 Å². The molecule has 0 aromatic rings. The summed E-state index contributed by atoms with van der Waals surface area (Å²) in [6.07, 6.45) is 3.66. The van der Waals surface area contributed by atoms with Crippen molar-refractivity contribution in [1.82, 2.24) is 4.90 Å². The molecule has 0 bridgehead atoms. The average Bonchev–Trinajstić information content (AvgIpc) is 2.29. The Kier molecular flexibility index (Phi) is 6.31. The summed E-state index contributed by atoms with van der Waals surface area (Å²) in [4.78, 5) is 2.16. The molecule has 0 aromatic heterocycles. The minimum atomic E-state index is 0.787. The van der Waals surface area contributed by atoms with E-state index in [0.29, 0.717) is 0 Å². The molecule has 0 amide bonds. The Morgan fingerprint density at radius 1 is 1.31 bits per heavy atom. The van der Waals surface area contributed by atoms with Gasteiger partial charge in [0.15, 0.2) is 5.88 Å². The Morgan fingerprint density at radius 3 is 2.62 bits per heavy atom. The van der Waals surface area contributed by atoms with E-state index in [4.69, 9.17) is 9.47 Å². The summed E-state index contributed by atoms with van der Waals surface area (Å²) in [5.41, 5.74) is 0. The third-order valence-corrected chi connectivity index (χ3v) is 2.81. The molecule has 0 unspecified atom stereocenters. The van der Waals surface area contributed by atoms with Crippen LogP contribution >= 0.6 is 0 Å². The normalized spacial score (nSPS) is 16.6. The van der Waals surface area contributed by atoms with Crippen molar-refractivity contribution in [3.05, 3.63) is 12.5 Å². The van der Waals surface area contributed by atoms with E-state index in [1.807, 2.05) is 0 Å². The molecule has 94 valence electrons. The van der Waals surface area contributed by atoms with Gasteiger partial charge in [0.1, 0.15) is 0 Å². The maximum absolute atomic E-state index is 5.64. The molecule has 1 saturated heterocycles. The van der Waals surface area contributed by atoms with E-state index < -0.39 is 0 Å². The third kappa shape index (κ3) is 5.40. The number of ether oxygens (including phenoxy) is 2. The van der Waals surface area contributed by atoms with Gasteiger partial charge in [-0.25, -0.2) is 0 Å². The van der Waals surface area contributed by atoms with Crippen LogP contribution in [0.25, 0.3) is 0 Å². The summed E-state index contributed by atoms with van der Waals surface area (Å²) >= 11 is 0. The maximum atomic E-state index is 5.64. The highest BCUT2D eigenvalue weighted by Gasteiger charge is 2.12. The van der Waals surface area contributed by atoms with Crippen LogP contribution in [0.4, 0.5) is 0 Å². The maximum Gasteiger partial charge on any atom is 0.181 e. The first kappa shape index (κ1) is 13.4. The van der Waals surface area contributed by atoms with E-state index in [0.717, 1.165) is 51.1 Å². The number of rotatable bonds is 7. The molecule has 0 saturated carbocycles. The number of nitrogens with zero attached hydrogens (tertiary/aromatic N) is 1. The molecule has 0 aliphatic carbocycles. The van der Waals surface area contributed by atoms with E-state index in [2.05, 4.69) is 25.3 Å². The fraction of sp³-hybridized carbons (Fsp3) is 0.846. The minimum Gasteiger partial charge on any atom is -0.479 e. The molecule has 1 fully saturated rings. The molecular formula is C13H25NO2. The zero-order chi connectivity index (χ0) is 11.8. The fourth-order valence-electron chi connectivity index (χ4n) is 1.75. The van der Waals surface area contributed by atoms with E-state index >= 15 is 0 Å². The molecule has 3 heteroatoms. The summed E-state index contributed by atoms with van der Waals surface area (Å²) in [7, 11) is 0. The first-order valence-corrected chi connectivity index (χ1v) is 6.34. The number of hydrogen-bond acceptors (Lipinski definition) is 3. The van der Waals surface area contributed by atoms with Crippen LogP contribution in [0.3, 0.4) is 0 Å². The summed E-state index contributed by atoms with van der Waals surface area (Å²) in [5.74, 6) is 1.61. The Labute approximate surface area is 99.4 Å². The van der Waals surface area contributed by atoms with Crippen LogP contribution in [0.1, 0.15) is 33.1 Å². The van der Waals surface area contributed by atoms with Crippen molar-refractivity contribution in [2.24, 2.45) is 5.92 Å². The number of unbranched alkanes of at least 4 members (excludes halogenated alkanes) is 1. The third-order valence-electron chi connectivity index (χ3n) is 2.81. The molecule has 1 aliphatic rings. The van der Waals surface area contributed by atoms with Gasteiger partial charge in [0, 0.05) is 13.1 Å². The van der Waals surface area contributed by atoms with Crippen molar-refractivity contribution in [3.8, 4) is 0 Å². The molecule has 0 atom stereocenters. The van der Waals surface area contributed by atoms with Gasteiger partial charge >= 0.3 is 0 Å². The van der Waals surface area contributed by atoms with Crippen LogP contribution in [-0.2, 0) is 9.47 Å². The highest BCUT2D eigenvalue weighted by atomic mass is 16.5. The molecule has 3 nitrogen and oxygen atoms in total. The Hall–Kier alpha value is -0.700. The zero-order valence-corrected chi connectivity index (χ0v) is 10.7. The predicted octanol–water partition coefficient (Wildman–Crippen LogP) is 2.63. The smallest absolute Gasteiger partial charge is 0.181 e. The molecule has 1 aliphatic heterocycles. The lowest BCUT2D eigenvalue weighted by atomic mass is 10.1. The van der Waals surface area contributed by atoms with E-state index in [-0.39, 0.29) is 0 Å². The number of hydrogen-bond donors (Lipinski definition) is 0. The summed E-state index contributed by atoms with van der Waals surface area (Å²) in [6, 6.07) is 0. The lowest BCUT2D eigenvalue weighted by molar-refractivity contribution is 0.0145. The Balaban J connectivity index is 2.01. The first-order valence-electron chi connectivity index (χ1n) is 6.34. The topological polar surface area (TPSA) is 21.7 Å². The summed E-state index contributed by atoms with van der Waals surface area (Å²) in [6.45, 7) is 12.7. The zero-order valence-electron chi connectivity index (χ0n) is 10.7. The van der Waals surface area contributed by atoms with Crippen molar-refractivity contribution >= 4 is 0 Å². The summed E-state index contributed by atoms with van der Waals surface area (Å²) < 4.78 is 10.9. The molecule has 0 aromatic carbocycles. The van der Waals surface area contributed by atoms with Gasteiger partial charge in [-0.05, 0) is 25.3 Å². The lowest BCUT2D eigenvalue weighted by Gasteiger charge is -2.29. The largest absolute Gasteiger partial charge is 0.479 e. The van der Waals surface area contributed by atoms with Gasteiger partial charge in [-0.15, -0.1) is 0 Å². The van der Waals surface area contributed by atoms with Crippen LogP contribution < -0.4 is 0 Å². The van der Waals surface area contributed by atoms with Crippen LogP contribution in [0, 0.1) is 5.92 Å². The van der Waals surface area contributed by atoms with Crippen LogP contribution in [0.15, 0.2) is 12.5 Å². The van der Waals surface area contributed by atoms with Crippen LogP contribution in [0.5, 0.6) is 0 Å². The molecule has 1 rings (SSSR count). The molecule has 1 heterocycles. The van der Waals surface area contributed by atoms with Gasteiger partial charge in [-0.2, -0.15) is 0 Å². The van der Waals surface area contributed by atoms with Crippen LogP contribution in [-0.4, -0.2) is 37.8 Å². The van der Waals surface area contributed by atoms with E-state index in [9.17, 15) is 0 Å². The van der Waals surface area contributed by atoms with Crippen molar-refractivity contribution < 1.29 is 9.47 Å². The van der Waals surface area contributed by atoms with E-state index in [1.165, 1.54) is 12.8 Å².